The van der Waals surface area contributed by atoms with E-state index in [2.05, 4.69) is 0 Å². The summed E-state index contributed by atoms with van der Waals surface area (Å²) in [6.45, 7) is 2.12. The Labute approximate surface area is 144 Å². The Morgan fingerprint density at radius 1 is 1.20 bits per heavy atom. The predicted molar refractivity (Wildman–Crippen MR) is 94.2 cm³/mol. The number of aryl methyl sites for hydroxylation is 1. The van der Waals surface area contributed by atoms with Gasteiger partial charge in [0.05, 0.1) is 33.5 Å². The lowest BCUT2D eigenvalue weighted by atomic mass is 9.94. The van der Waals surface area contributed by atoms with Gasteiger partial charge < -0.3 is 9.14 Å². The summed E-state index contributed by atoms with van der Waals surface area (Å²) >= 11 is 0. The minimum Gasteiger partial charge on any atom is -0.462 e. The summed E-state index contributed by atoms with van der Waals surface area (Å²) < 4.78 is 7.29. The fourth-order valence-corrected chi connectivity index (χ4v) is 3.91. The topological polar surface area (TPSA) is 73.8 Å². The number of carbonyl (C=O) groups excluding carboxylic acids is 1. The molecule has 0 spiro atoms. The van der Waals surface area contributed by atoms with Crippen LogP contribution in [0.4, 0.5) is 5.69 Å². The van der Waals surface area contributed by atoms with Gasteiger partial charge in [-0.3, -0.25) is 10.1 Å². The smallest absolute Gasteiger partial charge is 0.340 e. The van der Waals surface area contributed by atoms with E-state index in [0.717, 1.165) is 48.0 Å². The van der Waals surface area contributed by atoms with Gasteiger partial charge in [0.15, 0.2) is 0 Å². The molecule has 0 atom stereocenters. The van der Waals surface area contributed by atoms with Gasteiger partial charge in [0.25, 0.3) is 5.69 Å². The molecular weight excluding hydrogens is 320 g/mol. The molecule has 0 amide bonds. The number of pyridine rings is 1. The number of esters is 1. The van der Waals surface area contributed by atoms with Crippen molar-refractivity contribution < 1.29 is 14.5 Å². The number of non-ortho nitro benzene ring substituents is 1. The number of fused-ring (bicyclic) bond motifs is 5. The van der Waals surface area contributed by atoms with Crippen molar-refractivity contribution in [1.29, 1.82) is 0 Å². The van der Waals surface area contributed by atoms with E-state index in [1.807, 2.05) is 10.5 Å². The van der Waals surface area contributed by atoms with E-state index in [-0.39, 0.29) is 16.6 Å². The van der Waals surface area contributed by atoms with Crippen LogP contribution in [0.3, 0.4) is 0 Å². The van der Waals surface area contributed by atoms with Crippen molar-refractivity contribution in [3.05, 3.63) is 57.3 Å². The predicted octanol–water partition coefficient (Wildman–Crippen LogP) is 4.06. The molecule has 2 aromatic heterocycles. The van der Waals surface area contributed by atoms with E-state index < -0.39 is 0 Å². The molecule has 1 aromatic carbocycles. The van der Waals surface area contributed by atoms with Gasteiger partial charge in [0, 0.05) is 11.8 Å². The Morgan fingerprint density at radius 3 is 2.76 bits per heavy atom. The highest BCUT2D eigenvalue weighted by Crippen LogP contribution is 2.35. The molecule has 0 fully saturated rings. The SMILES string of the molecule is CCOC(=O)c1c2c(n3c1ccc1c([N+](=O)[O-])cccc13)CCCC2. The van der Waals surface area contributed by atoms with Crippen LogP contribution in [0.1, 0.15) is 41.4 Å². The molecule has 25 heavy (non-hydrogen) atoms. The van der Waals surface area contributed by atoms with Gasteiger partial charge in [-0.15, -0.1) is 0 Å². The maximum atomic E-state index is 12.6. The van der Waals surface area contributed by atoms with Crippen LogP contribution >= 0.6 is 0 Å². The maximum Gasteiger partial charge on any atom is 0.340 e. The lowest BCUT2D eigenvalue weighted by Crippen LogP contribution is -2.09. The average molecular weight is 338 g/mol. The van der Waals surface area contributed by atoms with E-state index in [9.17, 15) is 14.9 Å². The third kappa shape index (κ3) is 2.28. The number of nitro benzene ring substituents is 1. The summed E-state index contributed by atoms with van der Waals surface area (Å²) in [7, 11) is 0. The minimum absolute atomic E-state index is 0.0790. The lowest BCUT2D eigenvalue weighted by molar-refractivity contribution is -0.383. The van der Waals surface area contributed by atoms with Crippen LogP contribution < -0.4 is 0 Å². The van der Waals surface area contributed by atoms with Gasteiger partial charge in [-0.25, -0.2) is 4.79 Å². The summed E-state index contributed by atoms with van der Waals surface area (Å²) in [6, 6.07) is 8.62. The summed E-state index contributed by atoms with van der Waals surface area (Å²) in [5.41, 5.74) is 4.35. The summed E-state index contributed by atoms with van der Waals surface area (Å²) in [4.78, 5) is 23.6. The molecule has 0 saturated heterocycles. The zero-order valence-corrected chi connectivity index (χ0v) is 13.9. The third-order valence-corrected chi connectivity index (χ3v) is 4.89. The molecule has 0 radical (unpaired) electrons. The lowest BCUT2D eigenvalue weighted by Gasteiger charge is -2.14. The fourth-order valence-electron chi connectivity index (χ4n) is 3.91. The molecule has 0 unspecified atom stereocenters. The first-order chi connectivity index (χ1) is 12.1. The number of hydrogen-bond acceptors (Lipinski definition) is 4. The monoisotopic (exact) mass is 338 g/mol. The molecule has 0 bridgehead atoms. The molecule has 2 heterocycles. The molecule has 1 aliphatic carbocycles. The van der Waals surface area contributed by atoms with Crippen molar-refractivity contribution in [3.63, 3.8) is 0 Å². The van der Waals surface area contributed by atoms with Crippen molar-refractivity contribution in [2.24, 2.45) is 0 Å². The first-order valence-electron chi connectivity index (χ1n) is 8.53. The number of rotatable bonds is 3. The Kier molecular flexibility index (Phi) is 3.67. The maximum absolute atomic E-state index is 12.6. The normalized spacial score (nSPS) is 13.8. The van der Waals surface area contributed by atoms with E-state index in [1.165, 1.54) is 6.07 Å². The molecule has 0 saturated carbocycles. The molecule has 6 nitrogen and oxygen atoms in total. The Morgan fingerprint density at radius 2 is 2.00 bits per heavy atom. The minimum atomic E-state index is -0.365. The first-order valence-corrected chi connectivity index (χ1v) is 8.53. The Hall–Kier alpha value is -2.89. The number of carbonyl (C=O) groups is 1. The van der Waals surface area contributed by atoms with Crippen molar-refractivity contribution in [3.8, 4) is 0 Å². The van der Waals surface area contributed by atoms with Crippen LogP contribution in [-0.2, 0) is 17.6 Å². The number of aromatic nitrogens is 1. The molecular formula is C19H18N2O4. The Balaban J connectivity index is 2.12. The number of hydrogen-bond donors (Lipinski definition) is 0. The van der Waals surface area contributed by atoms with Gasteiger partial charge in [0.1, 0.15) is 0 Å². The highest BCUT2D eigenvalue weighted by molar-refractivity contribution is 6.02. The van der Waals surface area contributed by atoms with E-state index >= 15 is 0 Å². The zero-order chi connectivity index (χ0) is 17.6. The van der Waals surface area contributed by atoms with Gasteiger partial charge >= 0.3 is 5.97 Å². The molecule has 4 rings (SSSR count). The molecule has 6 heteroatoms. The molecule has 0 N–H and O–H groups in total. The average Bonchev–Trinajstić information content (AvgIpc) is 2.96. The van der Waals surface area contributed by atoms with Crippen molar-refractivity contribution in [2.45, 2.75) is 32.6 Å². The molecule has 3 aromatic rings. The zero-order valence-electron chi connectivity index (χ0n) is 13.9. The number of ether oxygens (including phenoxy) is 1. The highest BCUT2D eigenvalue weighted by Gasteiger charge is 2.27. The summed E-state index contributed by atoms with van der Waals surface area (Å²) in [5.74, 6) is -0.312. The molecule has 0 aliphatic heterocycles. The van der Waals surface area contributed by atoms with Crippen LogP contribution in [0.15, 0.2) is 30.3 Å². The fraction of sp³-hybridized carbons (Fsp3) is 0.316. The van der Waals surface area contributed by atoms with Crippen LogP contribution in [0.25, 0.3) is 16.4 Å². The van der Waals surface area contributed by atoms with Gasteiger partial charge in [0.2, 0.25) is 0 Å². The van der Waals surface area contributed by atoms with Gasteiger partial charge in [-0.2, -0.15) is 0 Å². The number of benzene rings is 1. The second-order valence-corrected chi connectivity index (χ2v) is 6.25. The van der Waals surface area contributed by atoms with Crippen LogP contribution in [0.5, 0.6) is 0 Å². The van der Waals surface area contributed by atoms with Crippen LogP contribution in [0, 0.1) is 10.1 Å². The van der Waals surface area contributed by atoms with Crippen molar-refractivity contribution in [1.82, 2.24) is 4.40 Å². The second kappa shape index (κ2) is 5.88. The first kappa shape index (κ1) is 15.6. The van der Waals surface area contributed by atoms with Gasteiger partial charge in [-0.1, -0.05) is 6.07 Å². The quantitative estimate of drug-likeness (QED) is 0.410. The van der Waals surface area contributed by atoms with Crippen LogP contribution in [-0.4, -0.2) is 21.9 Å². The van der Waals surface area contributed by atoms with Crippen molar-refractivity contribution in [2.75, 3.05) is 6.61 Å². The Bertz CT molecular complexity index is 1020. The summed E-state index contributed by atoms with van der Waals surface area (Å²) in [5, 5.41) is 11.9. The van der Waals surface area contributed by atoms with Crippen molar-refractivity contribution >= 4 is 28.1 Å². The van der Waals surface area contributed by atoms with Crippen LogP contribution in [0.2, 0.25) is 0 Å². The van der Waals surface area contributed by atoms with E-state index in [4.69, 9.17) is 4.74 Å². The third-order valence-electron chi connectivity index (χ3n) is 4.89. The highest BCUT2D eigenvalue weighted by atomic mass is 16.6. The largest absolute Gasteiger partial charge is 0.462 e. The number of nitro groups is 1. The number of nitrogens with zero attached hydrogens (tertiary/aromatic N) is 2. The molecule has 128 valence electrons. The van der Waals surface area contributed by atoms with Gasteiger partial charge in [-0.05, 0) is 56.4 Å². The second-order valence-electron chi connectivity index (χ2n) is 6.25. The summed E-state index contributed by atoms with van der Waals surface area (Å²) in [6.07, 6.45) is 3.78. The van der Waals surface area contributed by atoms with E-state index in [0.29, 0.717) is 17.6 Å². The molecule has 1 aliphatic rings. The standard InChI is InChI=1S/C19H18N2O4/c1-2-25-19(22)18-13-6-3-4-7-15(13)20-14-8-5-9-16(21(23)24)12(14)10-11-17(18)20/h5,8-11H,2-4,6-7H2,1H3. The van der Waals surface area contributed by atoms with E-state index in [1.54, 1.807) is 25.1 Å².